The summed E-state index contributed by atoms with van der Waals surface area (Å²) in [6.45, 7) is 9.46. The predicted octanol–water partition coefficient (Wildman–Crippen LogP) is 9.43. The fourth-order valence-electron chi connectivity index (χ4n) is 12.1. The molecule has 5 aromatic carbocycles. The first-order valence-corrected chi connectivity index (χ1v) is 18.5. The Bertz CT molecular complexity index is 2160. The van der Waals surface area contributed by atoms with Gasteiger partial charge < -0.3 is 9.80 Å². The number of nitrogens with zero attached hydrogens (tertiary/aromatic N) is 2. The fourth-order valence-corrected chi connectivity index (χ4v) is 12.1. The third-order valence-electron chi connectivity index (χ3n) is 13.6. The maximum Gasteiger partial charge on any atom is 0.252 e. The maximum atomic E-state index is 2.71. The number of fused-ring (bicyclic) bond motifs is 6. The largest absolute Gasteiger partial charge is 0.311 e. The predicted molar refractivity (Wildman–Crippen MR) is 202 cm³/mol. The van der Waals surface area contributed by atoms with Crippen molar-refractivity contribution < 1.29 is 0 Å². The van der Waals surface area contributed by atoms with Crippen LogP contribution in [0.2, 0.25) is 0 Å². The van der Waals surface area contributed by atoms with E-state index in [4.69, 9.17) is 0 Å². The Morgan fingerprint density at radius 1 is 0.604 bits per heavy atom. The minimum absolute atomic E-state index is 0.0587. The van der Waals surface area contributed by atoms with E-state index in [1.165, 1.54) is 93.7 Å². The molecule has 3 heterocycles. The Hall–Kier alpha value is -4.24. The zero-order valence-electron chi connectivity index (χ0n) is 28.6. The molecule has 7 aliphatic rings. The molecule has 236 valence electrons. The lowest BCUT2D eigenvalue weighted by molar-refractivity contribution is -0.0419. The second-order valence-corrected chi connectivity index (χ2v) is 17.1. The normalized spacial score (nSPS) is 26.7. The Morgan fingerprint density at radius 2 is 1.27 bits per heavy atom. The van der Waals surface area contributed by atoms with Crippen molar-refractivity contribution in [3.63, 3.8) is 0 Å². The molecule has 4 fully saturated rings. The highest BCUT2D eigenvalue weighted by Gasteiger charge is 2.62. The Kier molecular flexibility index (Phi) is 5.34. The lowest BCUT2D eigenvalue weighted by atomic mass is 9.32. The van der Waals surface area contributed by atoms with Gasteiger partial charge in [0.25, 0.3) is 6.71 Å². The minimum atomic E-state index is 0.0587. The lowest BCUT2D eigenvalue weighted by Crippen LogP contribution is -2.64. The molecule has 3 heteroatoms. The molecule has 0 radical (unpaired) electrons. The zero-order chi connectivity index (χ0) is 32.1. The Balaban J connectivity index is 1.24. The highest BCUT2D eigenvalue weighted by atomic mass is 15.2. The molecule has 1 spiro atoms. The van der Waals surface area contributed by atoms with E-state index in [2.05, 4.69) is 141 Å². The van der Waals surface area contributed by atoms with Gasteiger partial charge in [-0.05, 0) is 143 Å². The molecule has 4 aliphatic carbocycles. The molecular weight excluding hydrogens is 579 g/mol. The minimum Gasteiger partial charge on any atom is -0.311 e. The topological polar surface area (TPSA) is 6.48 Å². The number of hydrogen-bond acceptors (Lipinski definition) is 2. The maximum absolute atomic E-state index is 2.71. The second kappa shape index (κ2) is 9.26. The highest BCUT2D eigenvalue weighted by molar-refractivity contribution is 7.00. The number of para-hydroxylation sites is 2. The molecule has 0 amide bonds. The van der Waals surface area contributed by atoms with E-state index in [1.807, 2.05) is 0 Å². The van der Waals surface area contributed by atoms with Crippen molar-refractivity contribution in [1.29, 1.82) is 0 Å². The first kappa shape index (κ1) is 27.7. The average molecular weight is 623 g/mol. The van der Waals surface area contributed by atoms with Crippen molar-refractivity contribution in [1.82, 2.24) is 0 Å². The SMILES string of the molecule is Cc1cccc(N2c3ccc(C(C)(C)C)cc3B3c4cccc5c4N(c4ccccc4C54C5CC6CC(C5)CC4C6)c4cccc2c43)c1. The van der Waals surface area contributed by atoms with E-state index in [-0.39, 0.29) is 17.5 Å². The van der Waals surface area contributed by atoms with Crippen LogP contribution in [0.5, 0.6) is 0 Å². The Labute approximate surface area is 285 Å². The van der Waals surface area contributed by atoms with E-state index in [0.717, 1.165) is 23.7 Å². The molecule has 3 aliphatic heterocycles. The molecule has 0 atom stereocenters. The van der Waals surface area contributed by atoms with Gasteiger partial charge in [-0.3, -0.25) is 0 Å². The molecule has 0 unspecified atom stereocenters. The van der Waals surface area contributed by atoms with Crippen LogP contribution in [-0.4, -0.2) is 6.71 Å². The summed E-state index contributed by atoms with van der Waals surface area (Å²) in [5.74, 6) is 3.33. The van der Waals surface area contributed by atoms with Crippen molar-refractivity contribution in [2.24, 2.45) is 23.7 Å². The van der Waals surface area contributed by atoms with Gasteiger partial charge in [0, 0.05) is 33.9 Å². The van der Waals surface area contributed by atoms with Gasteiger partial charge in [0.1, 0.15) is 0 Å². The van der Waals surface area contributed by atoms with Gasteiger partial charge >= 0.3 is 0 Å². The van der Waals surface area contributed by atoms with Crippen LogP contribution in [0.4, 0.5) is 34.1 Å². The van der Waals surface area contributed by atoms with Gasteiger partial charge in [-0.1, -0.05) is 87.5 Å². The molecule has 5 aromatic rings. The van der Waals surface area contributed by atoms with Gasteiger partial charge in [-0.25, -0.2) is 0 Å². The molecule has 12 rings (SSSR count). The van der Waals surface area contributed by atoms with E-state index in [0.29, 0.717) is 0 Å². The van der Waals surface area contributed by atoms with Crippen LogP contribution in [0.3, 0.4) is 0 Å². The van der Waals surface area contributed by atoms with Gasteiger partial charge in [-0.15, -0.1) is 0 Å². The summed E-state index contributed by atoms with van der Waals surface area (Å²) in [5.41, 5.74) is 18.6. The van der Waals surface area contributed by atoms with Crippen LogP contribution in [0.1, 0.15) is 75.1 Å². The third kappa shape index (κ3) is 3.36. The average Bonchev–Trinajstić information content (AvgIpc) is 3.08. The fraction of sp³-hybridized carbons (Fsp3) is 0.333. The smallest absolute Gasteiger partial charge is 0.252 e. The summed E-state index contributed by atoms with van der Waals surface area (Å²) in [6, 6.07) is 40.6. The first-order chi connectivity index (χ1) is 23.3. The summed E-state index contributed by atoms with van der Waals surface area (Å²) in [7, 11) is 0. The summed E-state index contributed by atoms with van der Waals surface area (Å²) in [4.78, 5) is 5.26. The quantitative estimate of drug-likeness (QED) is 0.168. The van der Waals surface area contributed by atoms with E-state index in [9.17, 15) is 0 Å². The number of rotatable bonds is 1. The van der Waals surface area contributed by atoms with Crippen molar-refractivity contribution in [3.05, 3.63) is 125 Å². The molecule has 2 nitrogen and oxygen atoms in total. The van der Waals surface area contributed by atoms with Crippen LogP contribution in [-0.2, 0) is 10.8 Å². The van der Waals surface area contributed by atoms with E-state index >= 15 is 0 Å². The first-order valence-electron chi connectivity index (χ1n) is 18.5. The second-order valence-electron chi connectivity index (χ2n) is 17.1. The van der Waals surface area contributed by atoms with Gasteiger partial charge in [0.2, 0.25) is 0 Å². The van der Waals surface area contributed by atoms with Crippen LogP contribution in [0, 0.1) is 30.6 Å². The van der Waals surface area contributed by atoms with Crippen molar-refractivity contribution in [3.8, 4) is 0 Å². The van der Waals surface area contributed by atoms with Crippen LogP contribution >= 0.6 is 0 Å². The van der Waals surface area contributed by atoms with Crippen molar-refractivity contribution in [2.45, 2.75) is 70.6 Å². The molecule has 0 N–H and O–H groups in total. The monoisotopic (exact) mass is 622 g/mol. The number of aryl methyl sites for hydroxylation is 1. The number of benzene rings is 5. The molecule has 0 saturated heterocycles. The summed E-state index contributed by atoms with van der Waals surface area (Å²) in [5, 5.41) is 0. The van der Waals surface area contributed by atoms with Crippen LogP contribution in [0.25, 0.3) is 0 Å². The molecule has 0 aromatic heterocycles. The van der Waals surface area contributed by atoms with Crippen molar-refractivity contribution in [2.75, 3.05) is 9.80 Å². The standard InChI is InChI=1S/C45H43BN2/c1-27-10-7-11-33(20-27)47-39-19-18-30(44(2,3)4)26-37(39)46-36-14-8-13-35-43(36)48(41-17-9-16-40(47)42(41)46)38-15-6-5-12-34(38)45(35)31-22-28-21-29(24-31)25-32(45)23-28/h5-20,26,28-29,31-32H,21-25H2,1-4H3. The molecular formula is C45H43BN2. The van der Waals surface area contributed by atoms with Crippen LogP contribution < -0.4 is 26.2 Å². The molecule has 4 saturated carbocycles. The van der Waals surface area contributed by atoms with Gasteiger partial charge in [0.15, 0.2) is 0 Å². The highest BCUT2D eigenvalue weighted by Crippen LogP contribution is 2.69. The molecule has 4 bridgehead atoms. The van der Waals surface area contributed by atoms with E-state index in [1.54, 1.807) is 11.1 Å². The number of hydrogen-bond donors (Lipinski definition) is 0. The number of anilines is 6. The third-order valence-corrected chi connectivity index (χ3v) is 13.6. The summed E-state index contributed by atoms with van der Waals surface area (Å²) < 4.78 is 0. The van der Waals surface area contributed by atoms with Crippen LogP contribution in [0.15, 0.2) is 103 Å². The van der Waals surface area contributed by atoms with Gasteiger partial charge in [-0.2, -0.15) is 0 Å². The lowest BCUT2D eigenvalue weighted by Gasteiger charge is -2.64. The Morgan fingerprint density at radius 3 is 2.02 bits per heavy atom. The summed E-state index contributed by atoms with van der Waals surface area (Å²) in [6.07, 6.45) is 7.08. The van der Waals surface area contributed by atoms with E-state index < -0.39 is 0 Å². The van der Waals surface area contributed by atoms with Crippen molar-refractivity contribution >= 4 is 57.2 Å². The summed E-state index contributed by atoms with van der Waals surface area (Å²) >= 11 is 0. The van der Waals surface area contributed by atoms with Gasteiger partial charge in [0.05, 0.1) is 5.69 Å². The molecule has 48 heavy (non-hydrogen) atoms. The zero-order valence-corrected chi connectivity index (χ0v) is 28.6.